The van der Waals surface area contributed by atoms with Crippen molar-refractivity contribution in [3.05, 3.63) is 16.1 Å². The first-order valence-electron chi connectivity index (χ1n) is 11.2. The Morgan fingerprint density at radius 3 is 2.52 bits per heavy atom. The lowest BCUT2D eigenvalue weighted by Crippen LogP contribution is -2.52. The Hall–Kier alpha value is -1.10. The predicted octanol–water partition coefficient (Wildman–Crippen LogP) is 4.65. The van der Waals surface area contributed by atoms with E-state index in [1.165, 1.54) is 17.7 Å². The third-order valence-electron chi connectivity index (χ3n) is 5.54. The molecule has 2 heterocycles. The van der Waals surface area contributed by atoms with Gasteiger partial charge in [0.05, 0.1) is 17.7 Å². The maximum absolute atomic E-state index is 12.9. The zero-order valence-electron chi connectivity index (χ0n) is 19.5. The van der Waals surface area contributed by atoms with Crippen molar-refractivity contribution in [1.82, 2.24) is 20.1 Å². The molecule has 1 saturated carbocycles. The third kappa shape index (κ3) is 8.07. The normalized spacial score (nSPS) is 17.8. The second kappa shape index (κ2) is 11.7. The number of aromatic nitrogens is 1. The number of aryl methyl sites for hydroxylation is 1. The summed E-state index contributed by atoms with van der Waals surface area (Å²) in [6.07, 6.45) is 4.18. The van der Waals surface area contributed by atoms with E-state index in [0.717, 1.165) is 50.7 Å². The van der Waals surface area contributed by atoms with Crippen molar-refractivity contribution in [2.75, 3.05) is 26.2 Å². The third-order valence-corrected chi connectivity index (χ3v) is 6.46. The molecule has 1 aromatic rings. The van der Waals surface area contributed by atoms with Crippen LogP contribution in [-0.4, -0.2) is 64.7 Å². The number of carbonyl (C=O) groups is 1. The first-order chi connectivity index (χ1) is 14.3. The molecule has 1 aliphatic carbocycles. The first-order valence-corrected chi connectivity index (χ1v) is 12.1. The molecule has 1 saturated heterocycles. The van der Waals surface area contributed by atoms with Gasteiger partial charge in [-0.1, -0.05) is 0 Å². The van der Waals surface area contributed by atoms with Crippen molar-refractivity contribution in [1.29, 1.82) is 0 Å². The molecule has 1 aliphatic heterocycles. The molecule has 0 unspecified atom stereocenters. The number of piperidine rings is 1. The fraction of sp³-hybridized carbons (Fsp3) is 0.773. The highest BCUT2D eigenvalue weighted by Gasteiger charge is 2.35. The van der Waals surface area contributed by atoms with Crippen LogP contribution in [0.2, 0.25) is 0 Å². The number of nitrogens with zero attached hydrogens (tertiary/aromatic N) is 4. The number of rotatable bonds is 6. The average Bonchev–Trinajstić information content (AvgIpc) is 3.42. The monoisotopic (exact) mass is 563 g/mol. The van der Waals surface area contributed by atoms with E-state index in [9.17, 15) is 4.79 Å². The van der Waals surface area contributed by atoms with Crippen molar-refractivity contribution in [2.45, 2.75) is 78.5 Å². The molecular formula is C22H38IN5O2S. The number of carbonyl (C=O) groups excluding carboxylic acids is 1. The van der Waals surface area contributed by atoms with E-state index in [-0.39, 0.29) is 36.1 Å². The minimum absolute atomic E-state index is 0. The van der Waals surface area contributed by atoms with Crippen LogP contribution in [0.5, 0.6) is 0 Å². The van der Waals surface area contributed by atoms with Gasteiger partial charge >= 0.3 is 6.09 Å². The largest absolute Gasteiger partial charge is 0.444 e. The fourth-order valence-electron chi connectivity index (χ4n) is 3.71. The lowest BCUT2D eigenvalue weighted by atomic mass is 10.0. The van der Waals surface area contributed by atoms with Crippen molar-refractivity contribution in [2.24, 2.45) is 10.9 Å². The smallest absolute Gasteiger partial charge is 0.410 e. The van der Waals surface area contributed by atoms with Crippen LogP contribution in [0.25, 0.3) is 0 Å². The number of likely N-dealkylation sites (tertiary alicyclic amines) is 1. The number of hydrogen-bond acceptors (Lipinski definition) is 5. The minimum atomic E-state index is -0.459. The van der Waals surface area contributed by atoms with Crippen molar-refractivity contribution >= 4 is 47.4 Å². The average molecular weight is 564 g/mol. The van der Waals surface area contributed by atoms with E-state index < -0.39 is 5.60 Å². The molecule has 3 rings (SSSR count). The Morgan fingerprint density at radius 2 is 2.00 bits per heavy atom. The molecule has 31 heavy (non-hydrogen) atoms. The molecule has 0 radical (unpaired) electrons. The maximum Gasteiger partial charge on any atom is 0.410 e. The Balaban J connectivity index is 0.00000341. The number of nitrogens with one attached hydrogen (secondary N) is 1. The predicted molar refractivity (Wildman–Crippen MR) is 137 cm³/mol. The Morgan fingerprint density at radius 1 is 1.32 bits per heavy atom. The Kier molecular flexibility index (Phi) is 9.85. The molecule has 0 atom stereocenters. The van der Waals surface area contributed by atoms with Crippen molar-refractivity contribution in [3.8, 4) is 0 Å². The van der Waals surface area contributed by atoms with Gasteiger partial charge in [0.25, 0.3) is 0 Å². The standard InChI is InChI=1S/C22H37N5O2S.HI/c1-6-23-20(24-13-19-16(2)25-15-30-19)26-11-9-18(10-12-26)27(14-17-7-8-17)21(28)29-22(3,4)5;/h15,17-18H,6-14H2,1-5H3,(H,23,24);1H. The highest BCUT2D eigenvalue weighted by molar-refractivity contribution is 14.0. The molecular weight excluding hydrogens is 525 g/mol. The van der Waals surface area contributed by atoms with Crippen LogP contribution in [0.4, 0.5) is 4.79 Å². The van der Waals surface area contributed by atoms with E-state index in [0.29, 0.717) is 12.5 Å². The Labute approximate surface area is 208 Å². The summed E-state index contributed by atoms with van der Waals surface area (Å²) in [7, 11) is 0. The van der Waals surface area contributed by atoms with Crippen LogP contribution in [-0.2, 0) is 11.3 Å². The molecule has 7 nitrogen and oxygen atoms in total. The summed E-state index contributed by atoms with van der Waals surface area (Å²) in [6.45, 7) is 14.1. The van der Waals surface area contributed by atoms with Gasteiger partial charge in [0, 0.05) is 37.1 Å². The molecule has 176 valence electrons. The van der Waals surface area contributed by atoms with Crippen molar-refractivity contribution in [3.63, 3.8) is 0 Å². The number of thiazole rings is 1. The first kappa shape index (κ1) is 26.2. The van der Waals surface area contributed by atoms with Gasteiger partial charge < -0.3 is 19.9 Å². The fourth-order valence-corrected chi connectivity index (χ4v) is 4.41. The zero-order chi connectivity index (χ0) is 21.7. The highest BCUT2D eigenvalue weighted by Crippen LogP contribution is 2.32. The minimum Gasteiger partial charge on any atom is -0.444 e. The van der Waals surface area contributed by atoms with E-state index >= 15 is 0 Å². The summed E-state index contributed by atoms with van der Waals surface area (Å²) in [5.74, 6) is 1.60. The van der Waals surface area contributed by atoms with Gasteiger partial charge in [-0.2, -0.15) is 0 Å². The molecule has 0 aromatic carbocycles. The SMILES string of the molecule is CCNC(=NCc1scnc1C)N1CCC(N(CC2CC2)C(=O)OC(C)(C)C)CC1.I. The van der Waals surface area contributed by atoms with Crippen LogP contribution in [0.1, 0.15) is 63.9 Å². The lowest BCUT2D eigenvalue weighted by molar-refractivity contribution is 0.00928. The van der Waals surface area contributed by atoms with E-state index in [1.54, 1.807) is 11.3 Å². The molecule has 1 amide bonds. The van der Waals surface area contributed by atoms with E-state index in [4.69, 9.17) is 9.73 Å². The van der Waals surface area contributed by atoms with Crippen LogP contribution < -0.4 is 5.32 Å². The number of guanidine groups is 1. The Bertz CT molecular complexity index is 737. The molecule has 1 N–H and O–H groups in total. The second-order valence-corrected chi connectivity index (χ2v) is 10.3. The van der Waals surface area contributed by atoms with E-state index in [1.807, 2.05) is 38.1 Å². The quantitative estimate of drug-likeness (QED) is 0.310. The van der Waals surface area contributed by atoms with Gasteiger partial charge in [0.1, 0.15) is 5.60 Å². The number of halogens is 1. The summed E-state index contributed by atoms with van der Waals surface area (Å²) < 4.78 is 5.72. The maximum atomic E-state index is 12.9. The van der Waals surface area contributed by atoms with Crippen LogP contribution >= 0.6 is 35.3 Å². The van der Waals surface area contributed by atoms with Gasteiger partial charge in [-0.05, 0) is 66.2 Å². The highest BCUT2D eigenvalue weighted by atomic mass is 127. The van der Waals surface area contributed by atoms with Gasteiger partial charge in [-0.3, -0.25) is 0 Å². The summed E-state index contributed by atoms with van der Waals surface area (Å²) in [5.41, 5.74) is 2.48. The molecule has 0 spiro atoms. The zero-order valence-corrected chi connectivity index (χ0v) is 22.7. The van der Waals surface area contributed by atoms with Gasteiger partial charge in [-0.25, -0.2) is 14.8 Å². The molecule has 0 bridgehead atoms. The number of hydrogen-bond donors (Lipinski definition) is 1. The number of ether oxygens (including phenoxy) is 1. The second-order valence-electron chi connectivity index (χ2n) is 9.33. The summed E-state index contributed by atoms with van der Waals surface area (Å²) in [5, 5.41) is 3.43. The summed E-state index contributed by atoms with van der Waals surface area (Å²) >= 11 is 1.66. The van der Waals surface area contributed by atoms with Crippen LogP contribution in [0.3, 0.4) is 0 Å². The summed E-state index contributed by atoms with van der Waals surface area (Å²) in [6, 6.07) is 0.239. The van der Waals surface area contributed by atoms with Gasteiger partial charge in [-0.15, -0.1) is 35.3 Å². The van der Waals surface area contributed by atoms with Crippen molar-refractivity contribution < 1.29 is 9.53 Å². The molecule has 2 aliphatic rings. The van der Waals surface area contributed by atoms with E-state index in [2.05, 4.69) is 22.1 Å². The number of aliphatic imine (C=N–C) groups is 1. The molecule has 2 fully saturated rings. The van der Waals surface area contributed by atoms with Gasteiger partial charge in [0.15, 0.2) is 5.96 Å². The van der Waals surface area contributed by atoms with Gasteiger partial charge in [0.2, 0.25) is 0 Å². The number of amides is 1. The lowest BCUT2D eigenvalue weighted by Gasteiger charge is -2.40. The molecule has 9 heteroatoms. The molecule has 1 aromatic heterocycles. The van der Waals surface area contributed by atoms with Crippen LogP contribution in [0, 0.1) is 12.8 Å². The topological polar surface area (TPSA) is 70.1 Å². The van der Waals surface area contributed by atoms with Crippen LogP contribution in [0.15, 0.2) is 10.5 Å². The summed E-state index contributed by atoms with van der Waals surface area (Å²) in [4.78, 5) is 27.6.